The van der Waals surface area contributed by atoms with E-state index in [0.717, 1.165) is 0 Å². The van der Waals surface area contributed by atoms with Gasteiger partial charge < -0.3 is 5.73 Å². The van der Waals surface area contributed by atoms with Crippen LogP contribution in [0.4, 0.5) is 0 Å². The quantitative estimate of drug-likeness (QED) is 0.617. The lowest BCUT2D eigenvalue weighted by Gasteiger charge is -1.88. The van der Waals surface area contributed by atoms with Gasteiger partial charge in [0.25, 0.3) is 0 Å². The van der Waals surface area contributed by atoms with Crippen molar-refractivity contribution >= 4 is 11.8 Å². The van der Waals surface area contributed by atoms with E-state index >= 15 is 0 Å². The predicted molar refractivity (Wildman–Crippen MR) is 40.3 cm³/mol. The van der Waals surface area contributed by atoms with Gasteiger partial charge in [0.15, 0.2) is 0 Å². The van der Waals surface area contributed by atoms with Gasteiger partial charge in [0.1, 0.15) is 0 Å². The largest absolute Gasteiger partial charge is 0.404 e. The number of rotatable bonds is 2. The third-order valence-corrected chi connectivity index (χ3v) is 1.64. The van der Waals surface area contributed by atoms with Crippen molar-refractivity contribution < 1.29 is 0 Å². The molecule has 0 saturated carbocycles. The molecule has 0 aromatic carbocycles. The molecule has 0 bridgehead atoms. The van der Waals surface area contributed by atoms with Gasteiger partial charge in [-0.3, -0.25) is 0 Å². The van der Waals surface area contributed by atoms with Crippen molar-refractivity contribution in [3.05, 3.63) is 22.6 Å². The average molecular weight is 129 g/mol. The number of allylic oxidation sites excluding steroid dienone is 2. The Morgan fingerprint density at radius 1 is 1.62 bits per heavy atom. The van der Waals surface area contributed by atoms with Crippen molar-refractivity contribution in [3.63, 3.8) is 0 Å². The van der Waals surface area contributed by atoms with Crippen molar-refractivity contribution in [2.45, 2.75) is 13.8 Å². The summed E-state index contributed by atoms with van der Waals surface area (Å²) in [5.41, 5.74) is 5.10. The summed E-state index contributed by atoms with van der Waals surface area (Å²) in [7, 11) is 0. The van der Waals surface area contributed by atoms with Crippen LogP contribution < -0.4 is 5.73 Å². The number of hydrogen-bond acceptors (Lipinski definition) is 2. The first-order valence-corrected chi connectivity index (χ1v) is 3.35. The monoisotopic (exact) mass is 129 g/mol. The molecule has 0 fully saturated rings. The Balaban J connectivity index is 3.40. The van der Waals surface area contributed by atoms with Gasteiger partial charge in [0, 0.05) is 6.20 Å². The van der Waals surface area contributed by atoms with Gasteiger partial charge in [-0.1, -0.05) is 6.08 Å². The molecule has 2 N–H and O–H groups in total. The van der Waals surface area contributed by atoms with Gasteiger partial charge in [0.05, 0.1) is 0 Å². The molecule has 0 radical (unpaired) electrons. The van der Waals surface area contributed by atoms with Crippen molar-refractivity contribution in [2.24, 2.45) is 5.73 Å². The maximum Gasteiger partial charge on any atom is 0.000532 e. The van der Waals surface area contributed by atoms with Crippen molar-refractivity contribution in [2.75, 3.05) is 0 Å². The normalized spacial score (nSPS) is 13.0. The molecular weight excluding hydrogens is 118 g/mol. The fraction of sp³-hybridized carbons (Fsp3) is 0.333. The van der Waals surface area contributed by atoms with Crippen molar-refractivity contribution in [1.82, 2.24) is 0 Å². The summed E-state index contributed by atoms with van der Waals surface area (Å²) in [4.78, 5) is 1.27. The van der Waals surface area contributed by atoms with Crippen LogP contribution in [-0.4, -0.2) is 0 Å². The minimum Gasteiger partial charge on any atom is -0.404 e. The Kier molecular flexibility index (Phi) is 4.56. The molecule has 46 valence electrons. The van der Waals surface area contributed by atoms with E-state index < -0.39 is 0 Å². The Bertz CT molecular complexity index is 105. The maximum absolute atomic E-state index is 5.10. The highest BCUT2D eigenvalue weighted by atomic mass is 32.2. The molecule has 0 amide bonds. The number of hydrogen-bond donors (Lipinski definition) is 1. The Morgan fingerprint density at radius 3 is 2.62 bits per heavy atom. The summed E-state index contributed by atoms with van der Waals surface area (Å²) in [6.45, 7) is 4.05. The van der Waals surface area contributed by atoms with Crippen LogP contribution in [0.25, 0.3) is 0 Å². The van der Waals surface area contributed by atoms with E-state index in [1.54, 1.807) is 11.8 Å². The van der Waals surface area contributed by atoms with Crippen LogP contribution in [0.3, 0.4) is 0 Å². The SMILES string of the molecule is C/C=C(/C)S/C=C\N. The minimum absolute atomic E-state index is 1.27. The molecule has 0 heterocycles. The summed E-state index contributed by atoms with van der Waals surface area (Å²) in [6.07, 6.45) is 3.59. The zero-order valence-corrected chi connectivity index (χ0v) is 6.03. The lowest BCUT2D eigenvalue weighted by atomic mass is 10.6. The Morgan fingerprint density at radius 2 is 2.25 bits per heavy atom. The Labute approximate surface area is 54.6 Å². The van der Waals surface area contributed by atoms with Crippen LogP contribution in [0.1, 0.15) is 13.8 Å². The van der Waals surface area contributed by atoms with Crippen LogP contribution in [0.5, 0.6) is 0 Å². The van der Waals surface area contributed by atoms with E-state index in [1.807, 2.05) is 25.3 Å². The van der Waals surface area contributed by atoms with E-state index in [-0.39, 0.29) is 0 Å². The molecule has 0 aliphatic heterocycles. The van der Waals surface area contributed by atoms with Gasteiger partial charge >= 0.3 is 0 Å². The number of nitrogens with two attached hydrogens (primary N) is 1. The second kappa shape index (κ2) is 4.78. The van der Waals surface area contributed by atoms with Gasteiger partial charge in [-0.25, -0.2) is 0 Å². The summed E-state index contributed by atoms with van der Waals surface area (Å²) in [5.74, 6) is 0. The molecule has 0 aromatic heterocycles. The van der Waals surface area contributed by atoms with E-state index in [9.17, 15) is 0 Å². The molecule has 8 heavy (non-hydrogen) atoms. The molecule has 1 nitrogen and oxygen atoms in total. The third kappa shape index (κ3) is 3.81. The fourth-order valence-electron chi connectivity index (χ4n) is 0.215. The molecule has 0 atom stereocenters. The Hall–Kier alpha value is -0.370. The van der Waals surface area contributed by atoms with Crippen LogP contribution in [0.2, 0.25) is 0 Å². The topological polar surface area (TPSA) is 26.0 Å². The third-order valence-electron chi connectivity index (χ3n) is 0.739. The fourth-order valence-corrected chi connectivity index (χ4v) is 0.644. The molecule has 0 aromatic rings. The van der Waals surface area contributed by atoms with E-state index in [4.69, 9.17) is 5.73 Å². The summed E-state index contributed by atoms with van der Waals surface area (Å²) < 4.78 is 0. The molecule has 2 heteroatoms. The molecule has 0 aliphatic carbocycles. The zero-order chi connectivity index (χ0) is 6.41. The number of thioether (sulfide) groups is 1. The van der Waals surface area contributed by atoms with Gasteiger partial charge in [0.2, 0.25) is 0 Å². The first-order chi connectivity index (χ1) is 3.81. The first kappa shape index (κ1) is 7.63. The molecule has 0 unspecified atom stereocenters. The highest BCUT2D eigenvalue weighted by molar-refractivity contribution is 8.05. The van der Waals surface area contributed by atoms with Gasteiger partial charge in [-0.05, 0) is 24.2 Å². The first-order valence-electron chi connectivity index (χ1n) is 2.47. The van der Waals surface area contributed by atoms with E-state index in [1.165, 1.54) is 11.1 Å². The predicted octanol–water partition coefficient (Wildman–Crippen LogP) is 2.07. The highest BCUT2D eigenvalue weighted by Gasteiger charge is 1.78. The van der Waals surface area contributed by atoms with Crippen LogP contribution in [-0.2, 0) is 0 Å². The minimum atomic E-state index is 1.27. The summed E-state index contributed by atoms with van der Waals surface area (Å²) in [6, 6.07) is 0. The molecule has 0 aliphatic rings. The second-order valence-corrected chi connectivity index (χ2v) is 2.50. The van der Waals surface area contributed by atoms with Crippen LogP contribution in [0.15, 0.2) is 22.6 Å². The van der Waals surface area contributed by atoms with Crippen LogP contribution in [0, 0.1) is 0 Å². The molecule has 0 saturated heterocycles. The van der Waals surface area contributed by atoms with E-state index in [2.05, 4.69) is 0 Å². The highest BCUT2D eigenvalue weighted by Crippen LogP contribution is 2.13. The van der Waals surface area contributed by atoms with E-state index in [0.29, 0.717) is 0 Å². The average Bonchev–Trinajstić information content (AvgIpc) is 1.83. The zero-order valence-electron chi connectivity index (χ0n) is 5.22. The molecule has 0 spiro atoms. The van der Waals surface area contributed by atoms with Crippen LogP contribution >= 0.6 is 11.8 Å². The summed E-state index contributed by atoms with van der Waals surface area (Å²) >= 11 is 1.63. The van der Waals surface area contributed by atoms with Crippen molar-refractivity contribution in [1.29, 1.82) is 0 Å². The lowest BCUT2D eigenvalue weighted by molar-refractivity contribution is 1.59. The smallest absolute Gasteiger partial charge is 0.000532 e. The van der Waals surface area contributed by atoms with Crippen molar-refractivity contribution in [3.8, 4) is 0 Å². The lowest BCUT2D eigenvalue weighted by Crippen LogP contribution is -1.72. The maximum atomic E-state index is 5.10. The summed E-state index contributed by atoms with van der Waals surface area (Å²) in [5, 5.41) is 1.86. The molecule has 0 rings (SSSR count). The van der Waals surface area contributed by atoms with Gasteiger partial charge in [-0.2, -0.15) is 0 Å². The standard InChI is InChI=1S/C6H11NS/c1-3-6(2)8-5-4-7/h3-5H,7H2,1-2H3/b5-4-,6-3-. The van der Waals surface area contributed by atoms with Gasteiger partial charge in [-0.15, -0.1) is 11.8 Å². The molecular formula is C6H11NS. The second-order valence-electron chi connectivity index (χ2n) is 1.35.